The average Bonchev–Trinajstić information content (AvgIpc) is 2.28. The fraction of sp³-hybridized carbons (Fsp3) is 0.929. The summed E-state index contributed by atoms with van der Waals surface area (Å²) in [5.74, 6) is 0.768. The molecule has 0 radical (unpaired) electrons. The van der Waals surface area contributed by atoms with Crippen LogP contribution in [0.3, 0.4) is 0 Å². The van der Waals surface area contributed by atoms with Gasteiger partial charge >= 0.3 is 0 Å². The lowest BCUT2D eigenvalue weighted by Gasteiger charge is -2.33. The van der Waals surface area contributed by atoms with E-state index < -0.39 is 0 Å². The third-order valence-electron chi connectivity index (χ3n) is 4.13. The minimum absolute atomic E-state index is 0.327. The number of amides is 1. The first-order valence-electron chi connectivity index (χ1n) is 7.20. The van der Waals surface area contributed by atoms with E-state index in [-0.39, 0.29) is 0 Å². The number of hydrogen-bond acceptors (Lipinski definition) is 1. The lowest BCUT2D eigenvalue weighted by molar-refractivity contribution is -0.137. The molecule has 17 heavy (non-hydrogen) atoms. The molecule has 1 unspecified atom stereocenters. The van der Waals surface area contributed by atoms with Gasteiger partial charge in [0.1, 0.15) is 0 Å². The first kappa shape index (κ1) is 13.4. The van der Waals surface area contributed by atoms with E-state index in [0.717, 1.165) is 32.4 Å². The summed E-state index contributed by atoms with van der Waals surface area (Å²) in [4.78, 5) is 15.1. The predicted octanol–water partition coefficient (Wildman–Crippen LogP) is 3.73. The van der Waals surface area contributed by atoms with E-state index in [4.69, 9.17) is 0 Å². The maximum atomic E-state index is 12.5. The summed E-state index contributed by atoms with van der Waals surface area (Å²) in [6, 6.07) is 0. The smallest absolute Gasteiger partial charge is 0.225 e. The Labute approximate surface area is 113 Å². The molecule has 0 N–H and O–H groups in total. The number of likely N-dealkylation sites (tertiary alicyclic amines) is 1. The number of carbonyl (C=O) groups excluding carboxylic acids is 1. The van der Waals surface area contributed by atoms with E-state index >= 15 is 0 Å². The van der Waals surface area contributed by atoms with E-state index in [1.54, 1.807) is 0 Å². The maximum absolute atomic E-state index is 12.5. The Kier molecular flexibility index (Phi) is 5.33. The van der Waals surface area contributed by atoms with Gasteiger partial charge in [0.2, 0.25) is 5.91 Å². The standard InChI is InChI=1S/C14H24BrNO/c15-13-9-6-10-16(11-13)14(17)12-7-4-2-1-3-5-8-12/h12-13H,1-11H2. The van der Waals surface area contributed by atoms with Crippen LogP contribution in [0.1, 0.15) is 57.8 Å². The van der Waals surface area contributed by atoms with Crippen molar-refractivity contribution in [2.75, 3.05) is 13.1 Å². The van der Waals surface area contributed by atoms with E-state index in [9.17, 15) is 4.79 Å². The van der Waals surface area contributed by atoms with E-state index in [1.807, 2.05) is 0 Å². The highest BCUT2D eigenvalue weighted by Crippen LogP contribution is 2.26. The van der Waals surface area contributed by atoms with Gasteiger partial charge < -0.3 is 4.90 Å². The second-order valence-electron chi connectivity index (χ2n) is 5.57. The first-order valence-corrected chi connectivity index (χ1v) is 8.12. The molecule has 0 spiro atoms. The summed E-state index contributed by atoms with van der Waals surface area (Å²) < 4.78 is 0. The predicted molar refractivity (Wildman–Crippen MR) is 74.3 cm³/mol. The summed E-state index contributed by atoms with van der Waals surface area (Å²) in [7, 11) is 0. The highest BCUT2D eigenvalue weighted by molar-refractivity contribution is 9.09. The molecule has 1 aliphatic heterocycles. The molecule has 0 bridgehead atoms. The van der Waals surface area contributed by atoms with Crippen LogP contribution in [0.15, 0.2) is 0 Å². The maximum Gasteiger partial charge on any atom is 0.225 e. The van der Waals surface area contributed by atoms with Gasteiger partial charge in [-0.2, -0.15) is 0 Å². The Balaban J connectivity index is 1.87. The Hall–Kier alpha value is -0.0500. The second-order valence-corrected chi connectivity index (χ2v) is 6.86. The molecule has 3 heteroatoms. The van der Waals surface area contributed by atoms with Crippen LogP contribution in [0.5, 0.6) is 0 Å². The minimum Gasteiger partial charge on any atom is -0.341 e. The van der Waals surface area contributed by atoms with Crippen molar-refractivity contribution in [2.24, 2.45) is 5.92 Å². The molecule has 2 rings (SSSR count). The summed E-state index contributed by atoms with van der Waals surface area (Å²) >= 11 is 3.66. The lowest BCUT2D eigenvalue weighted by Crippen LogP contribution is -2.43. The molecule has 1 heterocycles. The van der Waals surface area contributed by atoms with Gasteiger partial charge in [-0.05, 0) is 25.7 Å². The third-order valence-corrected chi connectivity index (χ3v) is 4.88. The number of rotatable bonds is 1. The fourth-order valence-electron chi connectivity index (χ4n) is 3.09. The van der Waals surface area contributed by atoms with Crippen LogP contribution in [0.4, 0.5) is 0 Å². The second kappa shape index (κ2) is 6.77. The van der Waals surface area contributed by atoms with Crippen molar-refractivity contribution < 1.29 is 4.79 Å². The molecule has 1 saturated heterocycles. The van der Waals surface area contributed by atoms with Crippen molar-refractivity contribution in [2.45, 2.75) is 62.6 Å². The van der Waals surface area contributed by atoms with Crippen molar-refractivity contribution >= 4 is 21.8 Å². The number of piperidine rings is 1. The SMILES string of the molecule is O=C(C1CCCCCCC1)N1CCCC(Br)C1. The lowest BCUT2D eigenvalue weighted by atomic mass is 9.89. The Morgan fingerprint density at radius 1 is 0.941 bits per heavy atom. The summed E-state index contributed by atoms with van der Waals surface area (Å²) in [6.45, 7) is 1.91. The van der Waals surface area contributed by atoms with Crippen LogP contribution in [0, 0.1) is 5.92 Å². The number of nitrogens with zero attached hydrogens (tertiary/aromatic N) is 1. The molecule has 1 saturated carbocycles. The van der Waals surface area contributed by atoms with Crippen molar-refractivity contribution in [3.63, 3.8) is 0 Å². The highest BCUT2D eigenvalue weighted by atomic mass is 79.9. The molecule has 2 fully saturated rings. The first-order chi connectivity index (χ1) is 8.27. The Morgan fingerprint density at radius 2 is 1.59 bits per heavy atom. The molecule has 0 aromatic carbocycles. The molecular weight excluding hydrogens is 278 g/mol. The number of halogens is 1. The van der Waals surface area contributed by atoms with Crippen molar-refractivity contribution in [1.82, 2.24) is 4.90 Å². The van der Waals surface area contributed by atoms with Crippen LogP contribution < -0.4 is 0 Å². The molecule has 1 aliphatic carbocycles. The molecule has 0 aromatic rings. The summed E-state index contributed by atoms with van der Waals surface area (Å²) in [6.07, 6.45) is 11.2. The van der Waals surface area contributed by atoms with Gasteiger partial charge in [-0.3, -0.25) is 4.79 Å². The van der Waals surface area contributed by atoms with Crippen molar-refractivity contribution in [3.05, 3.63) is 0 Å². The number of alkyl halides is 1. The Morgan fingerprint density at radius 3 is 2.24 bits per heavy atom. The zero-order valence-electron chi connectivity index (χ0n) is 10.7. The van der Waals surface area contributed by atoms with Crippen LogP contribution in [-0.4, -0.2) is 28.7 Å². The van der Waals surface area contributed by atoms with Gasteiger partial charge in [-0.1, -0.05) is 48.0 Å². The van der Waals surface area contributed by atoms with Crippen molar-refractivity contribution in [3.8, 4) is 0 Å². The van der Waals surface area contributed by atoms with E-state index in [0.29, 0.717) is 16.7 Å². The topological polar surface area (TPSA) is 20.3 Å². The molecule has 0 aromatic heterocycles. The quantitative estimate of drug-likeness (QED) is 0.676. The third kappa shape index (κ3) is 3.97. The van der Waals surface area contributed by atoms with Crippen LogP contribution >= 0.6 is 15.9 Å². The monoisotopic (exact) mass is 301 g/mol. The molecule has 2 nitrogen and oxygen atoms in total. The zero-order chi connectivity index (χ0) is 12.1. The Bertz CT molecular complexity index is 249. The fourth-order valence-corrected chi connectivity index (χ4v) is 3.76. The van der Waals surface area contributed by atoms with Gasteiger partial charge in [-0.15, -0.1) is 0 Å². The van der Waals surface area contributed by atoms with Gasteiger partial charge in [0.05, 0.1) is 0 Å². The average molecular weight is 302 g/mol. The molecule has 98 valence electrons. The van der Waals surface area contributed by atoms with Crippen LogP contribution in [0.25, 0.3) is 0 Å². The zero-order valence-corrected chi connectivity index (χ0v) is 12.3. The number of hydrogen-bond donors (Lipinski definition) is 0. The molecule has 2 aliphatic rings. The van der Waals surface area contributed by atoms with E-state index in [1.165, 1.54) is 38.5 Å². The molecular formula is C14H24BrNO. The largest absolute Gasteiger partial charge is 0.341 e. The van der Waals surface area contributed by atoms with Gasteiger partial charge in [0.15, 0.2) is 0 Å². The normalized spacial score (nSPS) is 28.5. The van der Waals surface area contributed by atoms with Crippen LogP contribution in [0.2, 0.25) is 0 Å². The van der Waals surface area contributed by atoms with Gasteiger partial charge in [-0.25, -0.2) is 0 Å². The number of carbonyl (C=O) groups is 1. The highest BCUT2D eigenvalue weighted by Gasteiger charge is 2.27. The molecule has 1 atom stereocenters. The van der Waals surface area contributed by atoms with Crippen molar-refractivity contribution in [1.29, 1.82) is 0 Å². The van der Waals surface area contributed by atoms with E-state index in [2.05, 4.69) is 20.8 Å². The van der Waals surface area contributed by atoms with Gasteiger partial charge in [0.25, 0.3) is 0 Å². The summed E-state index contributed by atoms with van der Waals surface area (Å²) in [5.41, 5.74) is 0. The van der Waals surface area contributed by atoms with Gasteiger partial charge in [0, 0.05) is 23.8 Å². The molecule has 1 amide bonds. The van der Waals surface area contributed by atoms with Crippen LogP contribution in [-0.2, 0) is 4.79 Å². The summed E-state index contributed by atoms with van der Waals surface area (Å²) in [5, 5.41) is 0. The minimum atomic E-state index is 0.327.